The summed E-state index contributed by atoms with van der Waals surface area (Å²) < 4.78 is 10.7. The average Bonchev–Trinajstić information content (AvgIpc) is 3.25. The monoisotopic (exact) mass is 444 g/mol. The van der Waals surface area contributed by atoms with Crippen LogP contribution in [0.25, 0.3) is 22.0 Å². The molecular formula is C25H24N4O4. The maximum atomic E-state index is 12.8. The van der Waals surface area contributed by atoms with Crippen molar-refractivity contribution in [2.45, 2.75) is 13.3 Å². The van der Waals surface area contributed by atoms with Gasteiger partial charge in [-0.25, -0.2) is 0 Å². The van der Waals surface area contributed by atoms with Crippen LogP contribution in [0.4, 0.5) is 11.5 Å². The number of carbonyl (C=O) groups is 2. The van der Waals surface area contributed by atoms with Gasteiger partial charge in [0.05, 0.1) is 19.7 Å². The van der Waals surface area contributed by atoms with E-state index in [1.165, 1.54) is 0 Å². The first kappa shape index (κ1) is 21.9. The van der Waals surface area contributed by atoms with Crippen LogP contribution in [-0.2, 0) is 4.79 Å². The summed E-state index contributed by atoms with van der Waals surface area (Å²) in [4.78, 5) is 24.4. The number of aromatic amines is 1. The molecule has 0 saturated heterocycles. The summed E-state index contributed by atoms with van der Waals surface area (Å²) in [6.45, 7) is 1.77. The number of nitrogens with zero attached hydrogens (tertiary/aromatic N) is 1. The molecular weight excluding hydrogens is 420 g/mol. The molecule has 0 bridgehead atoms. The number of anilines is 2. The standard InChI is InChI=1S/C25H24N4O4/c1-4-23(30)26-18-7-5-6-16(10-18)25(31)27-24-21-9-8-15(13-22(21)28-29-24)17-11-19(32-2)14-20(12-17)33-3/h5-14H,4H2,1-3H3,(H,26,30)(H2,27,28,29,31). The van der Waals surface area contributed by atoms with Gasteiger partial charge in [0, 0.05) is 29.1 Å². The van der Waals surface area contributed by atoms with Gasteiger partial charge in [0.25, 0.3) is 5.91 Å². The first-order valence-corrected chi connectivity index (χ1v) is 10.4. The minimum atomic E-state index is -0.322. The summed E-state index contributed by atoms with van der Waals surface area (Å²) in [7, 11) is 3.22. The molecule has 33 heavy (non-hydrogen) atoms. The summed E-state index contributed by atoms with van der Waals surface area (Å²) in [6, 6.07) is 18.2. The zero-order valence-electron chi connectivity index (χ0n) is 18.6. The van der Waals surface area contributed by atoms with E-state index in [1.807, 2.05) is 36.4 Å². The largest absolute Gasteiger partial charge is 0.497 e. The molecule has 1 heterocycles. The Morgan fingerprint density at radius 2 is 1.67 bits per heavy atom. The Labute approximate surface area is 190 Å². The van der Waals surface area contributed by atoms with Crippen LogP contribution in [0, 0.1) is 0 Å². The number of ether oxygens (including phenoxy) is 2. The maximum absolute atomic E-state index is 12.8. The van der Waals surface area contributed by atoms with Gasteiger partial charge in [-0.3, -0.25) is 14.7 Å². The highest BCUT2D eigenvalue weighted by Crippen LogP contribution is 2.32. The minimum absolute atomic E-state index is 0.115. The molecule has 0 aliphatic rings. The quantitative estimate of drug-likeness (QED) is 0.378. The predicted octanol–water partition coefficient (Wildman–Crippen LogP) is 4.85. The van der Waals surface area contributed by atoms with E-state index in [-0.39, 0.29) is 11.8 Å². The molecule has 0 fully saturated rings. The molecule has 4 aromatic rings. The van der Waals surface area contributed by atoms with Gasteiger partial charge in [-0.1, -0.05) is 19.1 Å². The van der Waals surface area contributed by atoms with Crippen LogP contribution >= 0.6 is 0 Å². The van der Waals surface area contributed by atoms with Crippen LogP contribution in [-0.4, -0.2) is 36.2 Å². The lowest BCUT2D eigenvalue weighted by molar-refractivity contribution is -0.115. The second kappa shape index (κ2) is 9.44. The molecule has 8 nitrogen and oxygen atoms in total. The molecule has 3 N–H and O–H groups in total. The summed E-state index contributed by atoms with van der Waals surface area (Å²) in [5.74, 6) is 1.37. The van der Waals surface area contributed by atoms with Crippen molar-refractivity contribution in [1.82, 2.24) is 10.2 Å². The van der Waals surface area contributed by atoms with E-state index < -0.39 is 0 Å². The Morgan fingerprint density at radius 3 is 2.36 bits per heavy atom. The SMILES string of the molecule is CCC(=O)Nc1cccc(C(=O)Nc2n[nH]c3cc(-c4cc(OC)cc(OC)c4)ccc23)c1. The van der Waals surface area contributed by atoms with Gasteiger partial charge >= 0.3 is 0 Å². The van der Waals surface area contributed by atoms with Gasteiger partial charge in [0.2, 0.25) is 5.91 Å². The number of aromatic nitrogens is 2. The molecule has 0 spiro atoms. The van der Waals surface area contributed by atoms with Crippen molar-refractivity contribution in [2.75, 3.05) is 24.9 Å². The van der Waals surface area contributed by atoms with Crippen LogP contribution in [0.1, 0.15) is 23.7 Å². The first-order chi connectivity index (χ1) is 16.0. The van der Waals surface area contributed by atoms with E-state index in [0.717, 1.165) is 22.0 Å². The number of fused-ring (bicyclic) bond motifs is 1. The molecule has 0 saturated carbocycles. The molecule has 0 aliphatic heterocycles. The Hall–Kier alpha value is -4.33. The van der Waals surface area contributed by atoms with Gasteiger partial charge < -0.3 is 20.1 Å². The van der Waals surface area contributed by atoms with E-state index >= 15 is 0 Å². The Morgan fingerprint density at radius 1 is 0.909 bits per heavy atom. The Bertz CT molecular complexity index is 1310. The Kier molecular flexibility index (Phi) is 6.26. The first-order valence-electron chi connectivity index (χ1n) is 10.4. The number of nitrogens with one attached hydrogen (secondary N) is 3. The van der Waals surface area contributed by atoms with Crippen LogP contribution in [0.5, 0.6) is 11.5 Å². The summed E-state index contributed by atoms with van der Waals surface area (Å²) in [6.07, 6.45) is 0.361. The summed E-state index contributed by atoms with van der Waals surface area (Å²) in [5, 5.41) is 13.6. The van der Waals surface area contributed by atoms with Crippen LogP contribution < -0.4 is 20.1 Å². The van der Waals surface area contributed by atoms with E-state index in [0.29, 0.717) is 35.0 Å². The van der Waals surface area contributed by atoms with Crippen molar-refractivity contribution in [1.29, 1.82) is 0 Å². The van der Waals surface area contributed by atoms with Crippen molar-refractivity contribution >= 4 is 34.2 Å². The summed E-state index contributed by atoms with van der Waals surface area (Å²) in [5.41, 5.74) is 3.63. The van der Waals surface area contributed by atoms with Crippen LogP contribution in [0.2, 0.25) is 0 Å². The molecule has 0 atom stereocenters. The predicted molar refractivity (Wildman–Crippen MR) is 128 cm³/mol. The number of benzene rings is 3. The molecule has 4 rings (SSSR count). The number of hydrogen-bond donors (Lipinski definition) is 3. The van der Waals surface area contributed by atoms with Gasteiger partial charge in [0.1, 0.15) is 11.5 Å². The van der Waals surface area contributed by atoms with Crippen molar-refractivity contribution in [3.05, 3.63) is 66.2 Å². The summed E-state index contributed by atoms with van der Waals surface area (Å²) >= 11 is 0. The van der Waals surface area contributed by atoms with E-state index in [9.17, 15) is 9.59 Å². The third-order valence-corrected chi connectivity index (χ3v) is 5.21. The topological polar surface area (TPSA) is 105 Å². The molecule has 2 amide bonds. The number of H-pyrrole nitrogens is 1. The average molecular weight is 444 g/mol. The minimum Gasteiger partial charge on any atom is -0.497 e. The zero-order valence-corrected chi connectivity index (χ0v) is 18.6. The smallest absolute Gasteiger partial charge is 0.256 e. The van der Waals surface area contributed by atoms with Crippen LogP contribution in [0.3, 0.4) is 0 Å². The zero-order chi connectivity index (χ0) is 23.4. The molecule has 3 aromatic carbocycles. The second-order valence-electron chi connectivity index (χ2n) is 7.37. The van der Waals surface area contributed by atoms with Crippen molar-refractivity contribution < 1.29 is 19.1 Å². The van der Waals surface area contributed by atoms with E-state index in [2.05, 4.69) is 20.8 Å². The number of rotatable bonds is 7. The fourth-order valence-corrected chi connectivity index (χ4v) is 3.44. The number of amides is 2. The van der Waals surface area contributed by atoms with Gasteiger partial charge in [-0.05, 0) is 53.6 Å². The van der Waals surface area contributed by atoms with Gasteiger partial charge in [0.15, 0.2) is 5.82 Å². The Balaban J connectivity index is 1.58. The molecule has 1 aromatic heterocycles. The maximum Gasteiger partial charge on any atom is 0.256 e. The lowest BCUT2D eigenvalue weighted by atomic mass is 10.0. The van der Waals surface area contributed by atoms with Gasteiger partial charge in [-0.15, -0.1) is 0 Å². The third kappa shape index (κ3) is 4.79. The lowest BCUT2D eigenvalue weighted by Crippen LogP contribution is -2.14. The van der Waals surface area contributed by atoms with E-state index in [4.69, 9.17) is 9.47 Å². The molecule has 0 aliphatic carbocycles. The van der Waals surface area contributed by atoms with E-state index in [1.54, 1.807) is 45.4 Å². The van der Waals surface area contributed by atoms with Gasteiger partial charge in [-0.2, -0.15) is 5.10 Å². The number of hydrogen-bond acceptors (Lipinski definition) is 5. The highest BCUT2D eigenvalue weighted by Gasteiger charge is 2.13. The van der Waals surface area contributed by atoms with Crippen LogP contribution in [0.15, 0.2) is 60.7 Å². The van der Waals surface area contributed by atoms with Crippen molar-refractivity contribution in [3.8, 4) is 22.6 Å². The fourth-order valence-electron chi connectivity index (χ4n) is 3.44. The lowest BCUT2D eigenvalue weighted by Gasteiger charge is -2.09. The number of carbonyl (C=O) groups excluding carboxylic acids is 2. The highest BCUT2D eigenvalue weighted by molar-refractivity contribution is 6.08. The van der Waals surface area contributed by atoms with Crippen molar-refractivity contribution in [2.24, 2.45) is 0 Å². The molecule has 0 radical (unpaired) electrons. The molecule has 8 heteroatoms. The molecule has 0 unspecified atom stereocenters. The number of methoxy groups -OCH3 is 2. The molecule has 168 valence electrons. The second-order valence-corrected chi connectivity index (χ2v) is 7.37. The highest BCUT2D eigenvalue weighted by atomic mass is 16.5. The third-order valence-electron chi connectivity index (χ3n) is 5.21. The fraction of sp³-hybridized carbons (Fsp3) is 0.160. The van der Waals surface area contributed by atoms with Crippen molar-refractivity contribution in [3.63, 3.8) is 0 Å². The normalized spacial score (nSPS) is 10.6.